The van der Waals surface area contributed by atoms with E-state index in [9.17, 15) is 0 Å². The maximum atomic E-state index is 8.36. The van der Waals surface area contributed by atoms with Crippen molar-refractivity contribution in [3.63, 3.8) is 0 Å². The van der Waals surface area contributed by atoms with Crippen LogP contribution in [0.3, 0.4) is 0 Å². The smallest absolute Gasteiger partial charge is 0.291 e. The quantitative estimate of drug-likeness (QED) is 0.193. The van der Waals surface area contributed by atoms with Gasteiger partial charge in [-0.3, -0.25) is 0 Å². The fourth-order valence-corrected chi connectivity index (χ4v) is 0.0577. The molecule has 0 fully saturated rings. The highest BCUT2D eigenvalue weighted by molar-refractivity contribution is 4.43. The largest absolute Gasteiger partial charge is 0.394 e. The predicted molar refractivity (Wildman–Crippen MR) is 55.3 cm³/mol. The Morgan fingerprint density at radius 3 is 0.727 bits per heavy atom. The number of aliphatic hydroxyl groups is 3. The van der Waals surface area contributed by atoms with Gasteiger partial charge < -0.3 is 36.1 Å². The zero-order chi connectivity index (χ0) is 19.3. The first-order valence-electron chi connectivity index (χ1n) is 3.97. The van der Waals surface area contributed by atoms with E-state index in [-0.39, 0.29) is 13.2 Å². The summed E-state index contributed by atoms with van der Waals surface area (Å²) in [6, 6.07) is 0. The number of rotatable bonds is 2. The van der Waals surface area contributed by atoms with Gasteiger partial charge in [-0.2, -0.15) is 0 Å². The maximum Gasteiger partial charge on any atom is 0.291 e. The highest BCUT2D eigenvalue weighted by atomic mass is 16.9. The number of hydrogen-bond donors (Lipinski definition) is 7. The van der Waals surface area contributed by atoms with Crippen molar-refractivity contribution in [1.29, 1.82) is 0 Å². The van der Waals surface area contributed by atoms with Gasteiger partial charge in [0.25, 0.3) is 20.3 Å². The summed E-state index contributed by atoms with van der Waals surface area (Å²) in [5, 5.41) is 78.6. The molecule has 0 spiro atoms. The summed E-state index contributed by atoms with van der Waals surface area (Å²) in [5.41, 5.74) is 0. The van der Waals surface area contributed by atoms with Gasteiger partial charge in [0.15, 0.2) is 0 Å². The van der Waals surface area contributed by atoms with Gasteiger partial charge in [0.05, 0.1) is 13.2 Å². The van der Waals surface area contributed by atoms with Gasteiger partial charge in [-0.1, -0.05) is 0 Å². The van der Waals surface area contributed by atoms with Crippen LogP contribution in [0.5, 0.6) is 0 Å². The number of nitrogens with zero attached hydrogens (tertiary/aromatic N) is 4. The average Bonchev–Trinajstić information content (AvgIpc) is 2.24. The molecule has 0 aliphatic carbocycles. The van der Waals surface area contributed by atoms with Crippen LogP contribution in [0.2, 0.25) is 0 Å². The van der Waals surface area contributed by atoms with Crippen molar-refractivity contribution >= 4 is 0 Å². The molecule has 0 heterocycles. The molecule has 19 heteroatoms. The third kappa shape index (κ3) is 8870. The monoisotopic (exact) mass is 344 g/mol. The van der Waals surface area contributed by atoms with E-state index in [2.05, 4.69) is 0 Å². The minimum absolute atomic E-state index is 0.365. The SMILES string of the molecule is O=[N+]([O-])O.O=[N+]([O-])O.O=[N+]([O-])O.O=[N+]([O-])O.OCC(O)CO. The third-order valence-electron chi connectivity index (χ3n) is 0.421. The summed E-state index contributed by atoms with van der Waals surface area (Å²) in [7, 11) is 0. The lowest BCUT2D eigenvalue weighted by Crippen LogP contribution is -2.15. The maximum absolute atomic E-state index is 8.36. The van der Waals surface area contributed by atoms with Crippen LogP contribution in [-0.4, -0.2) is 75.8 Å². The average molecular weight is 344 g/mol. The topological polar surface area (TPSA) is 314 Å². The Balaban J connectivity index is -0.0000000555. The number of aliphatic hydroxyl groups excluding tert-OH is 3. The van der Waals surface area contributed by atoms with Crippen LogP contribution in [0.25, 0.3) is 0 Å². The predicted octanol–water partition coefficient (Wildman–Crippen LogP) is -3.06. The molecule has 0 aromatic heterocycles. The summed E-state index contributed by atoms with van der Waals surface area (Å²) in [6.07, 6.45) is -0.954. The van der Waals surface area contributed by atoms with Crippen LogP contribution in [-0.2, 0) is 0 Å². The van der Waals surface area contributed by atoms with E-state index in [1.165, 1.54) is 0 Å². The number of hydrogen-bond acceptors (Lipinski definition) is 11. The molecule has 0 amide bonds. The Hall–Kier alpha value is -3.32. The normalized spacial score (nSPS) is 7.09. The molecular formula is C3H12N4O15. The van der Waals surface area contributed by atoms with Crippen LogP contribution in [0.4, 0.5) is 0 Å². The molecule has 0 saturated carbocycles. The van der Waals surface area contributed by atoms with Crippen LogP contribution in [0.15, 0.2) is 0 Å². The van der Waals surface area contributed by atoms with E-state index < -0.39 is 26.5 Å². The van der Waals surface area contributed by atoms with Crippen molar-refractivity contribution in [2.24, 2.45) is 0 Å². The second-order valence-electron chi connectivity index (χ2n) is 1.97. The van der Waals surface area contributed by atoms with Crippen molar-refractivity contribution in [2.45, 2.75) is 6.10 Å². The molecule has 0 atom stereocenters. The molecule has 19 nitrogen and oxygen atoms in total. The van der Waals surface area contributed by atoms with Crippen LogP contribution in [0.1, 0.15) is 0 Å². The van der Waals surface area contributed by atoms with E-state index in [1.54, 1.807) is 0 Å². The van der Waals surface area contributed by atoms with Gasteiger partial charge >= 0.3 is 0 Å². The van der Waals surface area contributed by atoms with Crippen molar-refractivity contribution < 1.29 is 56.5 Å². The van der Waals surface area contributed by atoms with Crippen molar-refractivity contribution in [1.82, 2.24) is 0 Å². The Labute approximate surface area is 117 Å². The molecule has 0 unspecified atom stereocenters. The van der Waals surface area contributed by atoms with Gasteiger partial charge in [0.1, 0.15) is 6.10 Å². The van der Waals surface area contributed by atoms with E-state index in [0.717, 1.165) is 0 Å². The Bertz CT molecular complexity index is 225. The lowest BCUT2D eigenvalue weighted by atomic mass is 10.4. The minimum Gasteiger partial charge on any atom is -0.394 e. The highest BCUT2D eigenvalue weighted by Gasteiger charge is 1.93. The van der Waals surface area contributed by atoms with Gasteiger partial charge in [0, 0.05) is 0 Å². The third-order valence-corrected chi connectivity index (χ3v) is 0.421. The molecule has 134 valence electrons. The van der Waals surface area contributed by atoms with Crippen molar-refractivity contribution in [3.05, 3.63) is 40.5 Å². The van der Waals surface area contributed by atoms with E-state index >= 15 is 0 Å². The molecule has 0 aliphatic rings. The van der Waals surface area contributed by atoms with Gasteiger partial charge in [-0.15, -0.1) is 40.5 Å². The fourth-order valence-electron chi connectivity index (χ4n) is 0.0577. The summed E-state index contributed by atoms with van der Waals surface area (Å²) in [5.74, 6) is 0. The van der Waals surface area contributed by atoms with Gasteiger partial charge in [-0.05, 0) is 0 Å². The first-order chi connectivity index (χ1) is 9.74. The molecule has 0 aromatic rings. The first kappa shape index (κ1) is 31.2. The zero-order valence-corrected chi connectivity index (χ0v) is 10.2. The molecule has 0 radical (unpaired) electrons. The lowest BCUT2D eigenvalue weighted by molar-refractivity contribution is -0.742. The molecular weight excluding hydrogens is 332 g/mol. The summed E-state index contributed by atoms with van der Waals surface area (Å²) >= 11 is 0. The Kier molecular flexibility index (Phi) is 37.3. The standard InChI is InChI=1S/C3H8O3.4HNO3/c4-1-3(6)2-5;4*2-1(3)4/h3-6H,1-2H2;4*(H,2,3,4). The van der Waals surface area contributed by atoms with Crippen LogP contribution < -0.4 is 0 Å². The molecule has 0 rings (SSSR count). The molecule has 0 saturated heterocycles. The van der Waals surface area contributed by atoms with E-state index in [4.69, 9.17) is 76.6 Å². The van der Waals surface area contributed by atoms with Crippen molar-refractivity contribution in [3.8, 4) is 0 Å². The fraction of sp³-hybridized carbons (Fsp3) is 1.00. The summed E-state index contributed by atoms with van der Waals surface area (Å²) in [6.45, 7) is -0.729. The Morgan fingerprint density at radius 1 is 0.636 bits per heavy atom. The zero-order valence-electron chi connectivity index (χ0n) is 10.2. The molecule has 7 N–H and O–H groups in total. The summed E-state index contributed by atoms with van der Waals surface area (Å²) in [4.78, 5) is 33.4. The van der Waals surface area contributed by atoms with Gasteiger partial charge in [0.2, 0.25) is 0 Å². The summed E-state index contributed by atoms with van der Waals surface area (Å²) < 4.78 is 0. The van der Waals surface area contributed by atoms with Crippen LogP contribution >= 0.6 is 0 Å². The highest BCUT2D eigenvalue weighted by Crippen LogP contribution is 1.71. The lowest BCUT2D eigenvalue weighted by Gasteiger charge is -1.96. The second kappa shape index (κ2) is 26.3. The van der Waals surface area contributed by atoms with Crippen molar-refractivity contribution in [2.75, 3.05) is 13.2 Å². The first-order valence-corrected chi connectivity index (χ1v) is 3.97. The van der Waals surface area contributed by atoms with E-state index in [1.807, 2.05) is 0 Å². The van der Waals surface area contributed by atoms with Crippen LogP contribution in [0, 0.1) is 40.5 Å². The molecule has 0 bridgehead atoms. The minimum atomic E-state index is -1.50. The molecule has 22 heavy (non-hydrogen) atoms. The molecule has 0 aliphatic heterocycles. The van der Waals surface area contributed by atoms with Gasteiger partial charge in [-0.25, -0.2) is 0 Å². The van der Waals surface area contributed by atoms with E-state index in [0.29, 0.717) is 0 Å². The second-order valence-corrected chi connectivity index (χ2v) is 1.97. The Morgan fingerprint density at radius 2 is 0.727 bits per heavy atom. The molecule has 0 aromatic carbocycles.